The summed E-state index contributed by atoms with van der Waals surface area (Å²) in [4.78, 5) is 46.1. The molecule has 2 amide bonds. The fraction of sp³-hybridized carbons (Fsp3) is 0.300. The fourth-order valence-electron chi connectivity index (χ4n) is 3.32. The molecule has 0 radical (unpaired) electrons. The molecule has 28 heavy (non-hydrogen) atoms. The second kappa shape index (κ2) is 7.55. The highest BCUT2D eigenvalue weighted by Gasteiger charge is 2.27. The monoisotopic (exact) mass is 396 g/mol. The highest BCUT2D eigenvalue weighted by atomic mass is 32.1. The van der Waals surface area contributed by atoms with Gasteiger partial charge in [0.05, 0.1) is 0 Å². The Labute approximate surface area is 165 Å². The van der Waals surface area contributed by atoms with Crippen molar-refractivity contribution in [3.05, 3.63) is 69.1 Å². The normalized spacial score (nSPS) is 14.5. The number of fused-ring (bicyclic) bond motifs is 1. The Hall–Kier alpha value is -3.00. The van der Waals surface area contributed by atoms with E-state index in [1.165, 1.54) is 27.5 Å². The molecule has 2 aromatic heterocycles. The molecule has 3 aromatic rings. The lowest BCUT2D eigenvalue weighted by Crippen LogP contribution is -2.51. The summed E-state index contributed by atoms with van der Waals surface area (Å²) in [5.41, 5.74) is 1.55. The third-order valence-corrected chi connectivity index (χ3v) is 5.81. The maximum absolute atomic E-state index is 12.8. The number of piperazine rings is 1. The first-order valence-corrected chi connectivity index (χ1v) is 10.1. The molecule has 144 valence electrons. The molecular weight excluding hydrogens is 376 g/mol. The lowest BCUT2D eigenvalue weighted by molar-refractivity contribution is 0.0534. The van der Waals surface area contributed by atoms with Crippen LogP contribution in [0, 0.1) is 0 Å². The molecule has 3 heterocycles. The molecule has 8 heteroatoms. The van der Waals surface area contributed by atoms with E-state index >= 15 is 0 Å². The van der Waals surface area contributed by atoms with E-state index in [0.717, 1.165) is 6.42 Å². The van der Waals surface area contributed by atoms with Crippen molar-refractivity contribution >= 4 is 28.1 Å². The largest absolute Gasteiger partial charge is 0.335 e. The van der Waals surface area contributed by atoms with E-state index in [4.69, 9.17) is 0 Å². The molecule has 0 bridgehead atoms. The molecule has 1 aliphatic heterocycles. The van der Waals surface area contributed by atoms with Crippen molar-refractivity contribution in [2.45, 2.75) is 13.3 Å². The Morgan fingerprint density at radius 3 is 2.32 bits per heavy atom. The summed E-state index contributed by atoms with van der Waals surface area (Å²) in [6.07, 6.45) is 3.90. The van der Waals surface area contributed by atoms with Gasteiger partial charge in [-0.2, -0.15) is 0 Å². The first-order chi connectivity index (χ1) is 13.6. The zero-order chi connectivity index (χ0) is 19.7. The molecule has 0 atom stereocenters. The SMILES string of the molecule is CCc1ccc(C(=O)N2CCN(C(=O)c3cnc4sccn4c3=O)CC2)cc1. The lowest BCUT2D eigenvalue weighted by Gasteiger charge is -2.34. The van der Waals surface area contributed by atoms with Crippen molar-refractivity contribution in [1.82, 2.24) is 19.2 Å². The van der Waals surface area contributed by atoms with E-state index in [1.807, 2.05) is 24.3 Å². The summed E-state index contributed by atoms with van der Waals surface area (Å²) in [5, 5.41) is 1.76. The van der Waals surface area contributed by atoms with Crippen LogP contribution < -0.4 is 5.56 Å². The maximum atomic E-state index is 12.8. The van der Waals surface area contributed by atoms with Gasteiger partial charge in [0.2, 0.25) is 0 Å². The van der Waals surface area contributed by atoms with Crippen LogP contribution >= 0.6 is 11.3 Å². The topological polar surface area (TPSA) is 75.0 Å². The van der Waals surface area contributed by atoms with Gasteiger partial charge in [-0.1, -0.05) is 19.1 Å². The molecule has 7 nitrogen and oxygen atoms in total. The zero-order valence-electron chi connectivity index (χ0n) is 15.5. The van der Waals surface area contributed by atoms with Gasteiger partial charge in [-0.3, -0.25) is 18.8 Å². The van der Waals surface area contributed by atoms with Gasteiger partial charge in [-0.25, -0.2) is 4.98 Å². The first kappa shape index (κ1) is 18.4. The molecular formula is C20H20N4O3S. The van der Waals surface area contributed by atoms with Crippen LogP contribution in [0.15, 0.2) is 46.8 Å². The van der Waals surface area contributed by atoms with Gasteiger partial charge in [0, 0.05) is 49.5 Å². The van der Waals surface area contributed by atoms with Gasteiger partial charge >= 0.3 is 0 Å². The highest BCUT2D eigenvalue weighted by Crippen LogP contribution is 2.13. The minimum Gasteiger partial charge on any atom is -0.335 e. The van der Waals surface area contributed by atoms with Crippen molar-refractivity contribution in [3.8, 4) is 0 Å². The second-order valence-corrected chi connectivity index (χ2v) is 7.54. The molecule has 0 spiro atoms. The molecule has 1 fully saturated rings. The summed E-state index contributed by atoms with van der Waals surface area (Å²) >= 11 is 1.34. The van der Waals surface area contributed by atoms with E-state index in [1.54, 1.807) is 21.4 Å². The quantitative estimate of drug-likeness (QED) is 0.678. The van der Waals surface area contributed by atoms with Crippen LogP contribution in [0.1, 0.15) is 33.2 Å². The number of aromatic nitrogens is 2. The molecule has 1 aromatic carbocycles. The molecule has 0 saturated carbocycles. The number of aryl methyl sites for hydroxylation is 1. The minimum atomic E-state index is -0.356. The van der Waals surface area contributed by atoms with E-state index < -0.39 is 0 Å². The van der Waals surface area contributed by atoms with Crippen molar-refractivity contribution < 1.29 is 9.59 Å². The number of nitrogens with zero attached hydrogens (tertiary/aromatic N) is 4. The van der Waals surface area contributed by atoms with Crippen LogP contribution in [0.3, 0.4) is 0 Å². The van der Waals surface area contributed by atoms with Crippen LogP contribution in [-0.2, 0) is 6.42 Å². The predicted molar refractivity (Wildman–Crippen MR) is 107 cm³/mol. The third kappa shape index (κ3) is 3.31. The van der Waals surface area contributed by atoms with Gasteiger partial charge in [-0.15, -0.1) is 11.3 Å². The highest BCUT2D eigenvalue weighted by molar-refractivity contribution is 7.15. The zero-order valence-corrected chi connectivity index (χ0v) is 16.3. The average molecular weight is 396 g/mol. The number of hydrogen-bond donors (Lipinski definition) is 0. The van der Waals surface area contributed by atoms with E-state index in [-0.39, 0.29) is 22.9 Å². The van der Waals surface area contributed by atoms with Gasteiger partial charge in [0.15, 0.2) is 4.96 Å². The Bertz CT molecular complexity index is 1080. The minimum absolute atomic E-state index is 0.0313. The van der Waals surface area contributed by atoms with Crippen molar-refractivity contribution in [2.24, 2.45) is 0 Å². The number of carbonyl (C=O) groups is 2. The summed E-state index contributed by atoms with van der Waals surface area (Å²) < 4.78 is 1.39. The molecule has 1 saturated heterocycles. The smallest absolute Gasteiger partial charge is 0.271 e. The van der Waals surface area contributed by atoms with Gasteiger partial charge in [0.1, 0.15) is 5.56 Å². The molecule has 4 rings (SSSR count). The van der Waals surface area contributed by atoms with E-state index in [9.17, 15) is 14.4 Å². The fourth-order valence-corrected chi connectivity index (χ4v) is 4.00. The maximum Gasteiger partial charge on any atom is 0.271 e. The van der Waals surface area contributed by atoms with Gasteiger partial charge < -0.3 is 9.80 Å². The number of amides is 2. The number of hydrogen-bond acceptors (Lipinski definition) is 5. The standard InChI is InChI=1S/C20H20N4O3S/c1-2-14-3-5-15(6-4-14)17(25)22-7-9-23(10-8-22)18(26)16-13-21-20-24(19(16)27)11-12-28-20/h3-6,11-13H,2,7-10H2,1H3. The number of carbonyl (C=O) groups excluding carboxylic acids is 2. The van der Waals surface area contributed by atoms with Crippen LogP contribution in [-0.4, -0.2) is 57.2 Å². The van der Waals surface area contributed by atoms with Gasteiger partial charge in [0.25, 0.3) is 17.4 Å². The van der Waals surface area contributed by atoms with Crippen molar-refractivity contribution in [3.63, 3.8) is 0 Å². The van der Waals surface area contributed by atoms with Crippen LogP contribution in [0.25, 0.3) is 4.96 Å². The Morgan fingerprint density at radius 2 is 1.68 bits per heavy atom. The Kier molecular flexibility index (Phi) is 4.95. The van der Waals surface area contributed by atoms with Crippen molar-refractivity contribution in [1.29, 1.82) is 0 Å². The van der Waals surface area contributed by atoms with Crippen LogP contribution in [0.5, 0.6) is 0 Å². The van der Waals surface area contributed by atoms with E-state index in [0.29, 0.717) is 36.7 Å². The molecule has 0 N–H and O–H groups in total. The van der Waals surface area contributed by atoms with Gasteiger partial charge in [-0.05, 0) is 24.1 Å². The van der Waals surface area contributed by atoms with Crippen LogP contribution in [0.2, 0.25) is 0 Å². The number of benzene rings is 1. The summed E-state index contributed by atoms with van der Waals surface area (Å²) in [6, 6.07) is 7.63. The Balaban J connectivity index is 1.44. The van der Waals surface area contributed by atoms with E-state index in [2.05, 4.69) is 11.9 Å². The first-order valence-electron chi connectivity index (χ1n) is 9.21. The Morgan fingerprint density at radius 1 is 1.04 bits per heavy atom. The molecule has 0 unspecified atom stereocenters. The number of rotatable bonds is 3. The predicted octanol–water partition coefficient (Wildman–Crippen LogP) is 1.92. The lowest BCUT2D eigenvalue weighted by atomic mass is 10.1. The summed E-state index contributed by atoms with van der Waals surface area (Å²) in [7, 11) is 0. The van der Waals surface area contributed by atoms with Crippen molar-refractivity contribution in [2.75, 3.05) is 26.2 Å². The summed E-state index contributed by atoms with van der Waals surface area (Å²) in [5.74, 6) is -0.367. The second-order valence-electron chi connectivity index (χ2n) is 6.67. The molecule has 1 aliphatic rings. The number of thiazole rings is 1. The third-order valence-electron chi connectivity index (χ3n) is 5.04. The summed E-state index contributed by atoms with van der Waals surface area (Å²) in [6.45, 7) is 3.74. The average Bonchev–Trinajstić information content (AvgIpc) is 3.23. The van der Waals surface area contributed by atoms with Crippen LogP contribution in [0.4, 0.5) is 0 Å². The molecule has 0 aliphatic carbocycles.